The molecule has 0 unspecified atom stereocenters. The van der Waals surface area contributed by atoms with Crippen LogP contribution >= 0.6 is 0 Å². The molecule has 0 N–H and O–H groups in total. The van der Waals surface area contributed by atoms with Crippen LogP contribution in [-0.4, -0.2) is 29.8 Å². The number of anilines is 1. The highest BCUT2D eigenvalue weighted by atomic mass is 16.2. The minimum atomic E-state index is -0.247. The average Bonchev–Trinajstić information content (AvgIpc) is 3.01. The maximum Gasteiger partial charge on any atom is 0.275 e. The number of nitrogens with zero attached hydrogens (tertiary/aromatic N) is 3. The number of hydrogen-bond acceptors (Lipinski definition) is 3. The molecule has 5 rings (SSSR count). The molecular formula is C25H23N3O. The Hall–Kier alpha value is -3.40. The summed E-state index contributed by atoms with van der Waals surface area (Å²) in [4.78, 5) is 15.7. The molecule has 0 fully saturated rings. The minimum Gasteiger partial charge on any atom is -0.352 e. The van der Waals surface area contributed by atoms with Crippen molar-refractivity contribution in [3.8, 4) is 0 Å². The number of carbonyl (C=O) groups excluding carboxylic acids is 1. The van der Waals surface area contributed by atoms with Gasteiger partial charge in [0.05, 0.1) is 5.71 Å². The molecule has 0 radical (unpaired) electrons. The SMILES string of the molecule is CN1c2ccccc2[C@@]2(C)CC(c3ccccc3)=NN(C(=O)c3ccccc3)[C@H]12. The fourth-order valence-electron chi connectivity index (χ4n) is 4.81. The molecular weight excluding hydrogens is 358 g/mol. The highest BCUT2D eigenvalue weighted by Gasteiger charge is 2.53. The Balaban J connectivity index is 1.68. The van der Waals surface area contributed by atoms with E-state index in [0.29, 0.717) is 5.56 Å². The maximum absolute atomic E-state index is 13.6. The van der Waals surface area contributed by atoms with Gasteiger partial charge in [-0.2, -0.15) is 5.10 Å². The van der Waals surface area contributed by atoms with Crippen molar-refractivity contribution in [2.24, 2.45) is 5.10 Å². The highest BCUT2D eigenvalue weighted by molar-refractivity contribution is 6.04. The maximum atomic E-state index is 13.6. The summed E-state index contributed by atoms with van der Waals surface area (Å²) in [6, 6.07) is 28.0. The monoisotopic (exact) mass is 381 g/mol. The van der Waals surface area contributed by atoms with Gasteiger partial charge in [0.15, 0.2) is 0 Å². The number of para-hydroxylation sites is 1. The predicted molar refractivity (Wildman–Crippen MR) is 116 cm³/mol. The first-order chi connectivity index (χ1) is 14.1. The van der Waals surface area contributed by atoms with Crippen LogP contribution in [0.1, 0.15) is 34.8 Å². The molecule has 29 heavy (non-hydrogen) atoms. The molecule has 2 atom stereocenters. The van der Waals surface area contributed by atoms with Gasteiger partial charge in [-0.05, 0) is 29.3 Å². The molecule has 4 heteroatoms. The number of carbonyl (C=O) groups is 1. The fraction of sp³-hybridized carbons (Fsp3) is 0.200. The summed E-state index contributed by atoms with van der Waals surface area (Å²) in [5.41, 5.74) is 4.83. The van der Waals surface area contributed by atoms with Crippen molar-refractivity contribution in [2.45, 2.75) is 24.9 Å². The lowest BCUT2D eigenvalue weighted by atomic mass is 9.75. The van der Waals surface area contributed by atoms with Crippen LogP contribution in [0.4, 0.5) is 5.69 Å². The number of hydrogen-bond donors (Lipinski definition) is 0. The van der Waals surface area contributed by atoms with Crippen molar-refractivity contribution in [3.63, 3.8) is 0 Å². The Morgan fingerprint density at radius 2 is 1.55 bits per heavy atom. The number of rotatable bonds is 2. The molecule has 0 aromatic heterocycles. The quantitative estimate of drug-likeness (QED) is 0.647. The van der Waals surface area contributed by atoms with Crippen molar-refractivity contribution >= 4 is 17.3 Å². The molecule has 0 spiro atoms. The zero-order valence-electron chi connectivity index (χ0n) is 16.6. The van der Waals surface area contributed by atoms with Crippen LogP contribution in [0.5, 0.6) is 0 Å². The van der Waals surface area contributed by atoms with Gasteiger partial charge in [0.2, 0.25) is 0 Å². The zero-order chi connectivity index (χ0) is 20.0. The summed E-state index contributed by atoms with van der Waals surface area (Å²) in [5.74, 6) is -0.0744. The molecule has 0 aliphatic carbocycles. The Labute approximate surface area is 171 Å². The number of amides is 1. The first-order valence-corrected chi connectivity index (χ1v) is 9.93. The first-order valence-electron chi connectivity index (χ1n) is 9.93. The predicted octanol–water partition coefficient (Wildman–Crippen LogP) is 4.67. The average molecular weight is 381 g/mol. The van der Waals surface area contributed by atoms with E-state index in [2.05, 4.69) is 55.3 Å². The summed E-state index contributed by atoms with van der Waals surface area (Å²) >= 11 is 0. The summed E-state index contributed by atoms with van der Waals surface area (Å²) < 4.78 is 0. The molecule has 144 valence electrons. The third-order valence-electron chi connectivity index (χ3n) is 6.17. The second kappa shape index (κ2) is 6.59. The van der Waals surface area contributed by atoms with Crippen LogP contribution in [0.3, 0.4) is 0 Å². The Morgan fingerprint density at radius 3 is 2.28 bits per heavy atom. The number of benzene rings is 3. The van der Waals surface area contributed by atoms with Gasteiger partial charge in [-0.25, -0.2) is 5.01 Å². The molecule has 0 saturated heterocycles. The molecule has 3 aromatic rings. The molecule has 2 heterocycles. The van der Waals surface area contributed by atoms with Gasteiger partial charge in [0.1, 0.15) is 6.17 Å². The molecule has 0 saturated carbocycles. The smallest absolute Gasteiger partial charge is 0.275 e. The lowest BCUT2D eigenvalue weighted by Gasteiger charge is -2.44. The Morgan fingerprint density at radius 1 is 0.931 bits per heavy atom. The molecule has 2 aliphatic rings. The van der Waals surface area contributed by atoms with E-state index >= 15 is 0 Å². The molecule has 1 amide bonds. The highest BCUT2D eigenvalue weighted by Crippen LogP contribution is 2.50. The largest absolute Gasteiger partial charge is 0.352 e. The minimum absolute atomic E-state index is 0.0744. The van der Waals surface area contributed by atoms with Gasteiger partial charge in [0, 0.05) is 30.1 Å². The van der Waals surface area contributed by atoms with Gasteiger partial charge in [-0.15, -0.1) is 0 Å². The van der Waals surface area contributed by atoms with E-state index in [4.69, 9.17) is 5.10 Å². The fourth-order valence-corrected chi connectivity index (χ4v) is 4.81. The number of hydrazone groups is 1. The van der Waals surface area contributed by atoms with Crippen LogP contribution < -0.4 is 4.90 Å². The standard InChI is InChI=1S/C25H23N3O/c1-25-17-21(18-11-5-3-6-12-18)26-28(23(29)19-13-7-4-8-14-19)24(25)27(2)22-16-10-9-15-20(22)25/h3-16,24H,17H2,1-2H3/t24-,25+/m0/s1. The van der Waals surface area contributed by atoms with E-state index in [9.17, 15) is 4.79 Å². The summed E-state index contributed by atoms with van der Waals surface area (Å²) in [6.45, 7) is 2.25. The Bertz CT molecular complexity index is 1090. The molecule has 3 aromatic carbocycles. The van der Waals surface area contributed by atoms with Crippen LogP contribution in [0.25, 0.3) is 0 Å². The lowest BCUT2D eigenvalue weighted by Crippen LogP contribution is -2.57. The summed E-state index contributed by atoms with van der Waals surface area (Å²) in [6.07, 6.45) is 0.613. The zero-order valence-corrected chi connectivity index (χ0v) is 16.6. The second-order valence-electron chi connectivity index (χ2n) is 8.02. The van der Waals surface area contributed by atoms with E-state index in [0.717, 1.165) is 23.4 Å². The molecule has 0 bridgehead atoms. The normalized spacial score (nSPS) is 22.7. The third-order valence-corrected chi connectivity index (χ3v) is 6.17. The van der Waals surface area contributed by atoms with E-state index in [1.165, 1.54) is 5.56 Å². The van der Waals surface area contributed by atoms with Crippen LogP contribution in [0.15, 0.2) is 90.0 Å². The van der Waals surface area contributed by atoms with E-state index in [-0.39, 0.29) is 17.5 Å². The van der Waals surface area contributed by atoms with Crippen LogP contribution in [-0.2, 0) is 5.41 Å². The van der Waals surface area contributed by atoms with Gasteiger partial charge >= 0.3 is 0 Å². The lowest BCUT2D eigenvalue weighted by molar-refractivity contribution is 0.0581. The first kappa shape index (κ1) is 17.7. The number of likely N-dealkylation sites (N-methyl/N-ethyl adjacent to an activating group) is 1. The van der Waals surface area contributed by atoms with E-state index in [1.54, 1.807) is 5.01 Å². The van der Waals surface area contributed by atoms with E-state index in [1.807, 2.05) is 48.5 Å². The number of fused-ring (bicyclic) bond motifs is 3. The van der Waals surface area contributed by atoms with Crippen molar-refractivity contribution in [2.75, 3.05) is 11.9 Å². The van der Waals surface area contributed by atoms with Crippen LogP contribution in [0, 0.1) is 0 Å². The Kier molecular flexibility index (Phi) is 4.02. The van der Waals surface area contributed by atoms with Crippen LogP contribution in [0.2, 0.25) is 0 Å². The van der Waals surface area contributed by atoms with Gasteiger partial charge in [-0.3, -0.25) is 4.79 Å². The van der Waals surface area contributed by atoms with Gasteiger partial charge in [-0.1, -0.05) is 73.7 Å². The van der Waals surface area contributed by atoms with Crippen molar-refractivity contribution in [1.82, 2.24) is 5.01 Å². The van der Waals surface area contributed by atoms with Gasteiger partial charge < -0.3 is 4.90 Å². The third kappa shape index (κ3) is 2.67. The summed E-state index contributed by atoms with van der Waals surface area (Å²) in [5, 5.41) is 6.60. The van der Waals surface area contributed by atoms with Gasteiger partial charge in [0.25, 0.3) is 5.91 Å². The van der Waals surface area contributed by atoms with Crippen molar-refractivity contribution in [3.05, 3.63) is 102 Å². The summed E-state index contributed by atoms with van der Waals surface area (Å²) in [7, 11) is 2.06. The second-order valence-corrected chi connectivity index (χ2v) is 8.02. The molecule has 4 nitrogen and oxygen atoms in total. The molecule has 2 aliphatic heterocycles. The van der Waals surface area contributed by atoms with E-state index < -0.39 is 0 Å². The van der Waals surface area contributed by atoms with Crippen molar-refractivity contribution < 1.29 is 4.79 Å². The topological polar surface area (TPSA) is 35.9 Å². The van der Waals surface area contributed by atoms with Crippen molar-refractivity contribution in [1.29, 1.82) is 0 Å².